The van der Waals surface area contributed by atoms with Gasteiger partial charge in [0.1, 0.15) is 5.75 Å². The highest BCUT2D eigenvalue weighted by molar-refractivity contribution is 7.99. The van der Waals surface area contributed by atoms with Gasteiger partial charge in [0, 0.05) is 30.9 Å². The van der Waals surface area contributed by atoms with Gasteiger partial charge in [0.15, 0.2) is 0 Å². The molecule has 2 saturated heterocycles. The van der Waals surface area contributed by atoms with Gasteiger partial charge in [0.2, 0.25) is 0 Å². The van der Waals surface area contributed by atoms with E-state index in [1.165, 1.54) is 0 Å². The lowest BCUT2D eigenvalue weighted by molar-refractivity contribution is -0.0129. The summed E-state index contributed by atoms with van der Waals surface area (Å²) in [6.45, 7) is 5.90. The van der Waals surface area contributed by atoms with Gasteiger partial charge < -0.3 is 15.2 Å². The zero-order valence-corrected chi connectivity index (χ0v) is 14.3. The molecular weight excluding hydrogens is 312 g/mol. The number of phenols is 1. The van der Waals surface area contributed by atoms with Gasteiger partial charge in [-0.1, -0.05) is 11.6 Å². The molecule has 2 fully saturated rings. The van der Waals surface area contributed by atoms with Crippen molar-refractivity contribution in [2.45, 2.75) is 18.9 Å². The van der Waals surface area contributed by atoms with Crippen molar-refractivity contribution in [2.24, 2.45) is 0 Å². The van der Waals surface area contributed by atoms with Crippen LogP contribution in [0.25, 0.3) is 0 Å². The first kappa shape index (κ1) is 16.6. The number of benzene rings is 1. The SMILES string of the molecule is Cc1ccc(O)c(C(=O)NCC2(N3CCOCC3)CCSC2)c1. The first-order valence-electron chi connectivity index (χ1n) is 8.09. The van der Waals surface area contributed by atoms with Crippen molar-refractivity contribution in [3.63, 3.8) is 0 Å². The van der Waals surface area contributed by atoms with Crippen LogP contribution in [0.5, 0.6) is 5.75 Å². The second kappa shape index (κ2) is 7.11. The number of nitrogens with zero attached hydrogens (tertiary/aromatic N) is 1. The van der Waals surface area contributed by atoms with Crippen LogP contribution in [0, 0.1) is 6.92 Å². The summed E-state index contributed by atoms with van der Waals surface area (Å²) >= 11 is 1.94. The van der Waals surface area contributed by atoms with Gasteiger partial charge in [-0.3, -0.25) is 9.69 Å². The lowest BCUT2D eigenvalue weighted by Gasteiger charge is -2.43. The molecule has 0 aromatic heterocycles. The molecule has 3 rings (SSSR count). The highest BCUT2D eigenvalue weighted by atomic mass is 32.2. The fourth-order valence-electron chi connectivity index (χ4n) is 3.31. The molecule has 1 atom stereocenters. The maximum absolute atomic E-state index is 12.5. The Morgan fingerprint density at radius 2 is 2.22 bits per heavy atom. The monoisotopic (exact) mass is 336 g/mol. The third-order valence-corrected chi connectivity index (χ3v) is 5.97. The zero-order valence-electron chi connectivity index (χ0n) is 13.5. The fraction of sp³-hybridized carbons (Fsp3) is 0.588. The van der Waals surface area contributed by atoms with Crippen molar-refractivity contribution in [3.8, 4) is 5.75 Å². The molecule has 1 aromatic rings. The summed E-state index contributed by atoms with van der Waals surface area (Å²) in [5.41, 5.74) is 1.34. The Morgan fingerprint density at radius 3 is 2.91 bits per heavy atom. The van der Waals surface area contributed by atoms with Crippen LogP contribution < -0.4 is 5.32 Å². The van der Waals surface area contributed by atoms with Crippen LogP contribution in [0.2, 0.25) is 0 Å². The van der Waals surface area contributed by atoms with Gasteiger partial charge in [-0.2, -0.15) is 11.8 Å². The number of phenolic OH excluding ortho intramolecular Hbond substituents is 1. The molecule has 0 bridgehead atoms. The molecule has 0 radical (unpaired) electrons. The predicted molar refractivity (Wildman–Crippen MR) is 92.2 cm³/mol. The van der Waals surface area contributed by atoms with Crippen molar-refractivity contribution in [3.05, 3.63) is 29.3 Å². The number of hydrogen-bond donors (Lipinski definition) is 2. The van der Waals surface area contributed by atoms with Crippen LogP contribution >= 0.6 is 11.8 Å². The highest BCUT2D eigenvalue weighted by Gasteiger charge is 2.40. The number of carbonyl (C=O) groups excluding carboxylic acids is 1. The lowest BCUT2D eigenvalue weighted by Crippen LogP contribution is -2.59. The maximum Gasteiger partial charge on any atom is 0.255 e. The van der Waals surface area contributed by atoms with Gasteiger partial charge in [-0.25, -0.2) is 0 Å². The Labute approximate surface area is 141 Å². The van der Waals surface area contributed by atoms with Crippen molar-refractivity contribution < 1.29 is 14.6 Å². The summed E-state index contributed by atoms with van der Waals surface area (Å²) in [6, 6.07) is 5.11. The molecule has 2 aliphatic heterocycles. The molecule has 0 saturated carbocycles. The third-order valence-electron chi connectivity index (χ3n) is 4.74. The normalized spacial score (nSPS) is 25.4. The van der Waals surface area contributed by atoms with Crippen LogP contribution in [0.15, 0.2) is 18.2 Å². The van der Waals surface area contributed by atoms with E-state index in [9.17, 15) is 9.90 Å². The summed E-state index contributed by atoms with van der Waals surface area (Å²) in [7, 11) is 0. The molecule has 0 spiro atoms. The molecule has 5 nitrogen and oxygen atoms in total. The minimum absolute atomic E-state index is 0.0174. The number of aromatic hydroxyl groups is 1. The van der Waals surface area contributed by atoms with E-state index >= 15 is 0 Å². The van der Waals surface area contributed by atoms with Gasteiger partial charge in [0.25, 0.3) is 5.91 Å². The Morgan fingerprint density at radius 1 is 1.43 bits per heavy atom. The number of thioether (sulfide) groups is 1. The average Bonchev–Trinajstić information content (AvgIpc) is 3.06. The molecule has 1 aromatic carbocycles. The smallest absolute Gasteiger partial charge is 0.255 e. The summed E-state index contributed by atoms with van der Waals surface area (Å²) < 4.78 is 5.46. The standard InChI is InChI=1S/C17H24N2O3S/c1-13-2-3-15(20)14(10-13)16(21)18-11-17(4-9-23-12-17)19-5-7-22-8-6-19/h2-3,10,20H,4-9,11-12H2,1H3,(H,18,21). The van der Waals surface area contributed by atoms with Gasteiger partial charge >= 0.3 is 0 Å². The molecular formula is C17H24N2O3S. The van der Waals surface area contributed by atoms with E-state index in [0.29, 0.717) is 12.1 Å². The Hall–Kier alpha value is -1.24. The molecule has 2 heterocycles. The molecule has 1 amide bonds. The van der Waals surface area contributed by atoms with E-state index in [4.69, 9.17) is 4.74 Å². The predicted octanol–water partition coefficient (Wildman–Crippen LogP) is 1.64. The Kier molecular flexibility index (Phi) is 5.14. The number of amides is 1. The van der Waals surface area contributed by atoms with Crippen LogP contribution in [-0.2, 0) is 4.74 Å². The van der Waals surface area contributed by atoms with Crippen molar-refractivity contribution in [2.75, 3.05) is 44.4 Å². The van der Waals surface area contributed by atoms with Gasteiger partial charge in [-0.05, 0) is 31.2 Å². The van der Waals surface area contributed by atoms with Gasteiger partial charge in [0.05, 0.1) is 18.8 Å². The van der Waals surface area contributed by atoms with E-state index < -0.39 is 0 Å². The first-order valence-corrected chi connectivity index (χ1v) is 9.25. The van der Waals surface area contributed by atoms with E-state index in [1.54, 1.807) is 18.2 Å². The largest absolute Gasteiger partial charge is 0.507 e. The van der Waals surface area contributed by atoms with Crippen LogP contribution in [-0.4, -0.2) is 65.8 Å². The average molecular weight is 336 g/mol. The second-order valence-electron chi connectivity index (χ2n) is 6.33. The summed E-state index contributed by atoms with van der Waals surface area (Å²) in [5, 5.41) is 13.0. The van der Waals surface area contributed by atoms with E-state index in [2.05, 4.69) is 10.2 Å². The van der Waals surface area contributed by atoms with Crippen LogP contribution in [0.3, 0.4) is 0 Å². The minimum atomic E-state index is -0.198. The number of aryl methyl sites for hydroxylation is 1. The van der Waals surface area contributed by atoms with Crippen molar-refractivity contribution >= 4 is 17.7 Å². The number of carbonyl (C=O) groups is 1. The molecule has 23 heavy (non-hydrogen) atoms. The topological polar surface area (TPSA) is 61.8 Å². The summed E-state index contributed by atoms with van der Waals surface area (Å²) in [6.07, 6.45) is 1.08. The van der Waals surface area contributed by atoms with Crippen molar-refractivity contribution in [1.29, 1.82) is 0 Å². The number of hydrogen-bond acceptors (Lipinski definition) is 5. The van der Waals surface area contributed by atoms with E-state index in [0.717, 1.165) is 49.8 Å². The molecule has 2 N–H and O–H groups in total. The van der Waals surface area contributed by atoms with E-state index in [-0.39, 0.29) is 17.2 Å². The number of ether oxygens (including phenoxy) is 1. The third kappa shape index (κ3) is 3.65. The quantitative estimate of drug-likeness (QED) is 0.875. The lowest BCUT2D eigenvalue weighted by atomic mass is 9.95. The number of rotatable bonds is 4. The molecule has 126 valence electrons. The van der Waals surface area contributed by atoms with Crippen LogP contribution in [0.1, 0.15) is 22.3 Å². The summed E-state index contributed by atoms with van der Waals surface area (Å²) in [4.78, 5) is 14.9. The van der Waals surface area contributed by atoms with Gasteiger partial charge in [-0.15, -0.1) is 0 Å². The number of nitrogens with one attached hydrogen (secondary N) is 1. The second-order valence-corrected chi connectivity index (χ2v) is 7.43. The van der Waals surface area contributed by atoms with Crippen molar-refractivity contribution in [1.82, 2.24) is 10.2 Å². The Bertz CT molecular complexity index is 567. The molecule has 0 aliphatic carbocycles. The van der Waals surface area contributed by atoms with Crippen LogP contribution in [0.4, 0.5) is 0 Å². The van der Waals surface area contributed by atoms with E-state index in [1.807, 2.05) is 18.7 Å². The fourth-order valence-corrected chi connectivity index (χ4v) is 4.78. The highest BCUT2D eigenvalue weighted by Crippen LogP contribution is 2.33. The maximum atomic E-state index is 12.5. The summed E-state index contributed by atoms with van der Waals surface area (Å²) in [5.74, 6) is 2.00. The minimum Gasteiger partial charge on any atom is -0.507 e. The molecule has 2 aliphatic rings. The zero-order chi connectivity index (χ0) is 16.3. The molecule has 6 heteroatoms. The number of morpholine rings is 1. The first-order chi connectivity index (χ1) is 11.1. The Balaban J connectivity index is 1.69. The molecule has 1 unspecified atom stereocenters.